The van der Waals surface area contributed by atoms with Crippen molar-refractivity contribution in [2.75, 3.05) is 14.2 Å². The monoisotopic (exact) mass is 279 g/mol. The van der Waals surface area contributed by atoms with Crippen molar-refractivity contribution in [1.29, 1.82) is 0 Å². The van der Waals surface area contributed by atoms with Gasteiger partial charge in [0.15, 0.2) is 0 Å². The normalized spacial score (nSPS) is 24.6. The predicted octanol–water partition coefficient (Wildman–Crippen LogP) is 3.64. The Balaban J connectivity index is 2.04. The van der Waals surface area contributed by atoms with Gasteiger partial charge in [-0.15, -0.1) is 0 Å². The van der Waals surface area contributed by atoms with Crippen LogP contribution in [0.25, 0.3) is 0 Å². The number of carbonyl (C=O) groups excluding carboxylic acids is 1. The summed E-state index contributed by atoms with van der Waals surface area (Å²) in [5.41, 5.74) is 0. The van der Waals surface area contributed by atoms with Gasteiger partial charge in [0.05, 0.1) is 13.2 Å². The molecule has 1 aliphatic rings. The number of carbonyl (C=O) groups is 1. The average molecular weight is 279 g/mol. The zero-order chi connectivity index (χ0) is 14.7. The van der Waals surface area contributed by atoms with Crippen LogP contribution in [-0.2, 0) is 4.74 Å². The van der Waals surface area contributed by atoms with E-state index in [-0.39, 0.29) is 11.8 Å². The smallest absolute Gasteiger partial charge is 0.373 e. The number of methoxy groups -OCH3 is 1. The van der Waals surface area contributed by atoms with Crippen molar-refractivity contribution < 1.29 is 13.9 Å². The molecule has 112 valence electrons. The minimum atomic E-state index is -0.419. The van der Waals surface area contributed by atoms with Crippen molar-refractivity contribution in [2.24, 2.45) is 5.92 Å². The molecule has 1 aliphatic carbocycles. The third-order valence-corrected chi connectivity index (χ3v) is 4.52. The Labute approximate surface area is 121 Å². The molecule has 0 saturated heterocycles. The van der Waals surface area contributed by atoms with E-state index in [0.29, 0.717) is 6.04 Å². The molecule has 1 saturated carbocycles. The Kier molecular flexibility index (Phi) is 4.86. The van der Waals surface area contributed by atoms with Crippen LogP contribution in [0.3, 0.4) is 0 Å². The molecule has 0 aliphatic heterocycles. The number of rotatable bonds is 4. The molecule has 4 nitrogen and oxygen atoms in total. The SMILES string of the molecule is COC(=O)c1ccc(C(C)N(C)C2CCCC(C)C2)o1. The van der Waals surface area contributed by atoms with Crippen molar-refractivity contribution >= 4 is 5.97 Å². The summed E-state index contributed by atoms with van der Waals surface area (Å²) in [6.07, 6.45) is 5.13. The first-order chi connectivity index (χ1) is 9.52. The summed E-state index contributed by atoms with van der Waals surface area (Å²) >= 11 is 0. The van der Waals surface area contributed by atoms with Crippen LogP contribution in [0.2, 0.25) is 0 Å². The third kappa shape index (κ3) is 3.23. The summed E-state index contributed by atoms with van der Waals surface area (Å²) in [7, 11) is 3.51. The van der Waals surface area contributed by atoms with E-state index < -0.39 is 5.97 Å². The van der Waals surface area contributed by atoms with Gasteiger partial charge < -0.3 is 9.15 Å². The standard InChI is InChI=1S/C16H25NO3/c1-11-6-5-7-13(10-11)17(3)12(2)14-8-9-15(20-14)16(18)19-4/h8-9,11-13H,5-7,10H2,1-4H3. The molecule has 1 aromatic heterocycles. The van der Waals surface area contributed by atoms with Gasteiger partial charge in [0.1, 0.15) is 5.76 Å². The maximum atomic E-state index is 11.4. The van der Waals surface area contributed by atoms with E-state index in [1.165, 1.54) is 32.8 Å². The molecule has 0 aromatic carbocycles. The Hall–Kier alpha value is -1.29. The first kappa shape index (κ1) is 15.1. The second-order valence-electron chi connectivity index (χ2n) is 5.96. The van der Waals surface area contributed by atoms with Crippen LogP contribution in [0, 0.1) is 5.92 Å². The summed E-state index contributed by atoms with van der Waals surface area (Å²) in [6, 6.07) is 4.33. The van der Waals surface area contributed by atoms with E-state index in [1.807, 2.05) is 6.07 Å². The molecular formula is C16H25NO3. The fourth-order valence-corrected chi connectivity index (χ4v) is 3.08. The Morgan fingerprint density at radius 1 is 1.45 bits per heavy atom. The topological polar surface area (TPSA) is 42.7 Å². The van der Waals surface area contributed by atoms with E-state index in [2.05, 4.69) is 30.5 Å². The number of ether oxygens (including phenoxy) is 1. The highest BCUT2D eigenvalue weighted by Crippen LogP contribution is 2.32. The second-order valence-corrected chi connectivity index (χ2v) is 5.96. The molecule has 0 radical (unpaired) electrons. The number of hydrogen-bond acceptors (Lipinski definition) is 4. The summed E-state index contributed by atoms with van der Waals surface area (Å²) < 4.78 is 10.3. The van der Waals surface area contributed by atoms with Gasteiger partial charge in [0.2, 0.25) is 5.76 Å². The molecule has 3 atom stereocenters. The van der Waals surface area contributed by atoms with E-state index in [4.69, 9.17) is 4.42 Å². The molecule has 2 rings (SSSR count). The maximum Gasteiger partial charge on any atom is 0.373 e. The molecule has 1 aromatic rings. The lowest BCUT2D eigenvalue weighted by Crippen LogP contribution is -2.37. The molecule has 0 N–H and O–H groups in total. The van der Waals surface area contributed by atoms with Crippen LogP contribution in [0.4, 0.5) is 0 Å². The van der Waals surface area contributed by atoms with Crippen LogP contribution in [-0.4, -0.2) is 31.1 Å². The van der Waals surface area contributed by atoms with Crippen molar-refractivity contribution in [3.63, 3.8) is 0 Å². The van der Waals surface area contributed by atoms with Gasteiger partial charge in [-0.2, -0.15) is 0 Å². The van der Waals surface area contributed by atoms with Crippen LogP contribution >= 0.6 is 0 Å². The highest BCUT2D eigenvalue weighted by molar-refractivity contribution is 5.86. The van der Waals surface area contributed by atoms with Gasteiger partial charge in [-0.25, -0.2) is 4.79 Å². The zero-order valence-electron chi connectivity index (χ0n) is 12.9. The quantitative estimate of drug-likeness (QED) is 0.789. The first-order valence-corrected chi connectivity index (χ1v) is 7.43. The number of furan rings is 1. The third-order valence-electron chi connectivity index (χ3n) is 4.52. The van der Waals surface area contributed by atoms with Gasteiger partial charge in [0.25, 0.3) is 0 Å². The molecule has 0 amide bonds. The Bertz CT molecular complexity index is 454. The number of esters is 1. The molecule has 0 bridgehead atoms. The lowest BCUT2D eigenvalue weighted by molar-refractivity contribution is 0.0555. The van der Waals surface area contributed by atoms with Crippen LogP contribution < -0.4 is 0 Å². The largest absolute Gasteiger partial charge is 0.463 e. The van der Waals surface area contributed by atoms with E-state index in [9.17, 15) is 4.79 Å². The molecule has 1 fully saturated rings. The maximum absolute atomic E-state index is 11.4. The molecular weight excluding hydrogens is 254 g/mol. The van der Waals surface area contributed by atoms with Crippen molar-refractivity contribution in [3.05, 3.63) is 23.7 Å². The Morgan fingerprint density at radius 2 is 2.20 bits per heavy atom. The lowest BCUT2D eigenvalue weighted by Gasteiger charge is -2.37. The lowest BCUT2D eigenvalue weighted by atomic mass is 9.86. The second kappa shape index (κ2) is 6.44. The van der Waals surface area contributed by atoms with Crippen LogP contribution in [0.15, 0.2) is 16.5 Å². The average Bonchev–Trinajstić information content (AvgIpc) is 2.94. The number of nitrogens with zero attached hydrogens (tertiary/aromatic N) is 1. The number of hydrogen-bond donors (Lipinski definition) is 0. The van der Waals surface area contributed by atoms with Crippen molar-refractivity contribution in [3.8, 4) is 0 Å². The molecule has 3 unspecified atom stereocenters. The Morgan fingerprint density at radius 3 is 2.85 bits per heavy atom. The summed E-state index contributed by atoms with van der Waals surface area (Å²) in [5, 5.41) is 0. The molecule has 4 heteroatoms. The minimum absolute atomic E-state index is 0.170. The van der Waals surface area contributed by atoms with E-state index >= 15 is 0 Å². The fourth-order valence-electron chi connectivity index (χ4n) is 3.08. The van der Waals surface area contributed by atoms with Crippen LogP contribution in [0.1, 0.15) is 61.9 Å². The van der Waals surface area contributed by atoms with Gasteiger partial charge in [-0.05, 0) is 44.9 Å². The molecule has 1 heterocycles. The van der Waals surface area contributed by atoms with Crippen molar-refractivity contribution in [1.82, 2.24) is 4.90 Å². The highest BCUT2D eigenvalue weighted by atomic mass is 16.5. The summed E-state index contributed by atoms with van der Waals surface area (Å²) in [6.45, 7) is 4.45. The van der Waals surface area contributed by atoms with Gasteiger partial charge >= 0.3 is 5.97 Å². The summed E-state index contributed by atoms with van der Waals surface area (Å²) in [4.78, 5) is 13.8. The van der Waals surface area contributed by atoms with E-state index in [0.717, 1.165) is 11.7 Å². The first-order valence-electron chi connectivity index (χ1n) is 7.43. The predicted molar refractivity (Wildman–Crippen MR) is 77.6 cm³/mol. The summed E-state index contributed by atoms with van der Waals surface area (Å²) in [5.74, 6) is 1.48. The van der Waals surface area contributed by atoms with Gasteiger partial charge in [0, 0.05) is 6.04 Å². The zero-order valence-corrected chi connectivity index (χ0v) is 12.9. The van der Waals surface area contributed by atoms with Gasteiger partial charge in [-0.1, -0.05) is 19.8 Å². The molecule has 20 heavy (non-hydrogen) atoms. The molecule has 0 spiro atoms. The fraction of sp³-hybridized carbons (Fsp3) is 0.688. The highest BCUT2D eigenvalue weighted by Gasteiger charge is 2.27. The minimum Gasteiger partial charge on any atom is -0.463 e. The van der Waals surface area contributed by atoms with Crippen molar-refractivity contribution in [2.45, 2.75) is 51.6 Å². The van der Waals surface area contributed by atoms with Crippen LogP contribution in [0.5, 0.6) is 0 Å². The van der Waals surface area contributed by atoms with Gasteiger partial charge in [-0.3, -0.25) is 4.90 Å². The van der Waals surface area contributed by atoms with E-state index in [1.54, 1.807) is 6.07 Å².